The number of hydrogen-bond donors (Lipinski definition) is 9. The first-order valence-electron chi connectivity index (χ1n) is 26.5. The number of terminal acetylenes is 1. The number of aliphatic hydroxyl groups excluding tert-OH is 1. The van der Waals surface area contributed by atoms with Crippen molar-refractivity contribution in [2.24, 2.45) is 57.7 Å². The molecule has 3 saturated heterocycles. The number of aliphatic hydroxyl groups is 7. The van der Waals surface area contributed by atoms with Crippen LogP contribution in [0.4, 0.5) is 0 Å². The minimum absolute atomic E-state index is 0.0606. The van der Waals surface area contributed by atoms with Crippen LogP contribution < -0.4 is 0 Å². The van der Waals surface area contributed by atoms with E-state index >= 15 is 0 Å². The quantitative estimate of drug-likeness (QED) is 0.0850. The smallest absolute Gasteiger partial charge is 0.394 e. The van der Waals surface area contributed by atoms with Crippen molar-refractivity contribution in [3.63, 3.8) is 0 Å². The van der Waals surface area contributed by atoms with E-state index < -0.39 is 91.1 Å². The molecule has 1 aromatic rings. The lowest BCUT2D eigenvalue weighted by Gasteiger charge is -2.68. The summed E-state index contributed by atoms with van der Waals surface area (Å²) in [5, 5.41) is 89.0. The Balaban J connectivity index is 0.000000168. The van der Waals surface area contributed by atoms with E-state index in [-0.39, 0.29) is 36.3 Å². The SMILES string of the molecule is C#CC1(O)CCC2C3CCC4=Cc5oncc5CC4(C)C3CCC21C.CC=C(C)C(=O)OC1CCC2(C)C3CCC4C5(O)CC(O)C6(O)C(CN7CC(C)CCC7C6(C)O)C5(O)CC42OC13O.O=S(=O)(O)O. The van der Waals surface area contributed by atoms with Crippen molar-refractivity contribution in [1.82, 2.24) is 10.1 Å². The molecular formula is C54H78N2O15S. The number of rotatable bonds is 2. The van der Waals surface area contributed by atoms with Gasteiger partial charge in [-0.15, -0.1) is 6.42 Å². The maximum Gasteiger partial charge on any atom is 0.394 e. The third-order valence-corrected chi connectivity index (χ3v) is 22.7. The van der Waals surface area contributed by atoms with Crippen molar-refractivity contribution in [2.75, 3.05) is 13.1 Å². The van der Waals surface area contributed by atoms with Crippen LogP contribution in [0.25, 0.3) is 6.08 Å². The lowest BCUT2D eigenvalue weighted by atomic mass is 9.46. The average Bonchev–Trinajstić information content (AvgIpc) is 3.91. The molecule has 9 N–H and O–H groups in total. The second-order valence-corrected chi connectivity index (χ2v) is 26.4. The van der Waals surface area contributed by atoms with E-state index in [9.17, 15) is 40.5 Å². The molecule has 4 heterocycles. The zero-order chi connectivity index (χ0) is 52.4. The Kier molecular flexibility index (Phi) is 12.2. The molecular weight excluding hydrogens is 949 g/mol. The molecule has 1 aromatic heterocycles. The Morgan fingerprint density at radius 3 is 2.24 bits per heavy atom. The van der Waals surface area contributed by atoms with Gasteiger partial charge in [0.1, 0.15) is 28.0 Å². The molecule has 12 rings (SSSR count). The standard InChI is InChI=1S/C32H49NO9.C22H27NO2.H2O4S/c1-6-18(3)25(35)41-24-11-12-26(4)19-8-9-20-28(37)13-23(34)31(39)21(29(28,38)16-30(20,26)42-32(19,24)40)15-33-14-17(2)7-10-22(33)27(31,5)36;1-4-22(24)10-8-18-16-6-5-15-11-19-14(13-23-25-19)12-20(15,2)17(16)7-9-21(18,22)3;1-5(2,3)4/h6,17,19-24,34,36-40H,7-16H2,1-5H3;1,11,13,16-18,24H,5-10,12H2,2-3H3;(H2,1,2,3,4). The van der Waals surface area contributed by atoms with Crippen molar-refractivity contribution < 1.29 is 72.1 Å². The van der Waals surface area contributed by atoms with Crippen LogP contribution in [-0.4, -0.2) is 140 Å². The van der Waals surface area contributed by atoms with Gasteiger partial charge in [-0.1, -0.05) is 50.4 Å². The number of hydrogen-bond acceptors (Lipinski definition) is 15. The Labute approximate surface area is 423 Å². The first kappa shape index (κ1) is 52.7. The molecule has 7 saturated carbocycles. The van der Waals surface area contributed by atoms with Crippen LogP contribution in [0.1, 0.15) is 150 Å². The summed E-state index contributed by atoms with van der Waals surface area (Å²) in [6.07, 6.45) is 19.7. The fourth-order valence-electron chi connectivity index (χ4n) is 18.9. The van der Waals surface area contributed by atoms with Crippen LogP contribution in [0.2, 0.25) is 0 Å². The fourth-order valence-corrected chi connectivity index (χ4v) is 18.9. The van der Waals surface area contributed by atoms with Crippen LogP contribution >= 0.6 is 0 Å². The molecule has 11 aliphatic rings. The maximum atomic E-state index is 12.9. The molecule has 20 unspecified atom stereocenters. The molecule has 72 heavy (non-hydrogen) atoms. The summed E-state index contributed by atoms with van der Waals surface area (Å²) < 4.78 is 49.6. The topological polar surface area (TPSA) is 281 Å². The largest absolute Gasteiger partial charge is 0.453 e. The highest BCUT2D eigenvalue weighted by molar-refractivity contribution is 7.79. The number of piperidine rings is 2. The normalized spacial score (nSPS) is 52.5. The molecule has 0 aromatic carbocycles. The highest BCUT2D eigenvalue weighted by Gasteiger charge is 2.89. The van der Waals surface area contributed by atoms with Gasteiger partial charge in [-0.2, -0.15) is 8.42 Å². The summed E-state index contributed by atoms with van der Waals surface area (Å²) >= 11 is 0. The fraction of sp³-hybridized carbons (Fsp3) is 0.815. The minimum atomic E-state index is -4.67. The maximum absolute atomic E-state index is 12.9. The van der Waals surface area contributed by atoms with Crippen LogP contribution in [0.3, 0.4) is 0 Å². The van der Waals surface area contributed by atoms with Gasteiger partial charge in [0.2, 0.25) is 5.79 Å². The van der Waals surface area contributed by atoms with E-state index in [4.69, 9.17) is 37.9 Å². The van der Waals surface area contributed by atoms with Gasteiger partial charge in [0, 0.05) is 71.7 Å². The van der Waals surface area contributed by atoms with Gasteiger partial charge in [-0.3, -0.25) is 14.0 Å². The monoisotopic (exact) mass is 1030 g/mol. The van der Waals surface area contributed by atoms with E-state index in [1.807, 2.05) is 13.1 Å². The number of esters is 1. The number of allylic oxidation sites excluding steroid dienone is 2. The first-order chi connectivity index (χ1) is 33.4. The van der Waals surface area contributed by atoms with Gasteiger partial charge in [0.05, 0.1) is 17.9 Å². The lowest BCUT2D eigenvalue weighted by molar-refractivity contribution is -0.354. The number of fused-ring (bicyclic) bond motifs is 11. The van der Waals surface area contributed by atoms with E-state index in [1.165, 1.54) is 12.0 Å². The second kappa shape index (κ2) is 16.6. The lowest BCUT2D eigenvalue weighted by Crippen LogP contribution is -2.85. The van der Waals surface area contributed by atoms with Crippen LogP contribution in [0, 0.1) is 70.0 Å². The number of ether oxygens (including phenoxy) is 2. The summed E-state index contributed by atoms with van der Waals surface area (Å²) in [6.45, 7) is 14.8. The van der Waals surface area contributed by atoms with Crippen LogP contribution in [0.5, 0.6) is 0 Å². The zero-order valence-electron chi connectivity index (χ0n) is 42.9. The Morgan fingerprint density at radius 1 is 0.889 bits per heavy atom. The van der Waals surface area contributed by atoms with Crippen molar-refractivity contribution in [3.8, 4) is 12.3 Å². The number of carbonyl (C=O) groups is 1. The van der Waals surface area contributed by atoms with Gasteiger partial charge >= 0.3 is 16.4 Å². The zero-order valence-corrected chi connectivity index (χ0v) is 43.7. The summed E-state index contributed by atoms with van der Waals surface area (Å²) in [4.78, 5) is 14.9. The van der Waals surface area contributed by atoms with E-state index in [0.717, 1.165) is 50.7 Å². The highest BCUT2D eigenvalue weighted by Crippen LogP contribution is 2.78. The molecule has 8 aliphatic carbocycles. The molecule has 400 valence electrons. The van der Waals surface area contributed by atoms with E-state index in [0.29, 0.717) is 67.9 Å². The van der Waals surface area contributed by atoms with Crippen molar-refractivity contribution in [3.05, 3.63) is 34.7 Å². The van der Waals surface area contributed by atoms with E-state index in [1.54, 1.807) is 32.4 Å². The van der Waals surface area contributed by atoms with Crippen LogP contribution in [0.15, 0.2) is 27.9 Å². The van der Waals surface area contributed by atoms with Crippen molar-refractivity contribution >= 4 is 22.4 Å². The summed E-state index contributed by atoms with van der Waals surface area (Å²) in [7, 11) is -4.67. The van der Waals surface area contributed by atoms with E-state index in [2.05, 4.69) is 42.8 Å². The van der Waals surface area contributed by atoms with Gasteiger partial charge in [0.25, 0.3) is 0 Å². The first-order valence-corrected chi connectivity index (χ1v) is 27.9. The summed E-state index contributed by atoms with van der Waals surface area (Å²) in [5.74, 6) is 1.59. The minimum Gasteiger partial charge on any atom is -0.453 e. The molecule has 1 spiro atoms. The number of carbonyl (C=O) groups excluding carboxylic acids is 1. The van der Waals surface area contributed by atoms with Crippen molar-refractivity contribution in [2.45, 2.75) is 202 Å². The number of aromatic nitrogens is 1. The van der Waals surface area contributed by atoms with Crippen LogP contribution in [-0.2, 0) is 31.1 Å². The summed E-state index contributed by atoms with van der Waals surface area (Å²) in [6, 6.07) is -0.387. The molecule has 0 amide bonds. The molecule has 17 nitrogen and oxygen atoms in total. The Hall–Kier alpha value is -2.77. The second-order valence-electron chi connectivity index (χ2n) is 25.5. The van der Waals surface area contributed by atoms with Gasteiger partial charge in [-0.25, -0.2) is 4.79 Å². The molecule has 3 aliphatic heterocycles. The molecule has 20 atom stereocenters. The number of nitrogens with zero attached hydrogens (tertiary/aromatic N) is 2. The predicted octanol–water partition coefficient (Wildman–Crippen LogP) is 4.56. The molecule has 18 heteroatoms. The Bertz CT molecular complexity index is 2590. The van der Waals surface area contributed by atoms with Crippen molar-refractivity contribution in [1.29, 1.82) is 0 Å². The van der Waals surface area contributed by atoms with Gasteiger partial charge < -0.3 is 49.7 Å². The molecule has 4 bridgehead atoms. The Morgan fingerprint density at radius 2 is 1.56 bits per heavy atom. The van der Waals surface area contributed by atoms with Gasteiger partial charge in [0.15, 0.2) is 11.9 Å². The van der Waals surface area contributed by atoms with Gasteiger partial charge in [-0.05, 0) is 139 Å². The summed E-state index contributed by atoms with van der Waals surface area (Å²) in [5.41, 5.74) is -6.97. The predicted molar refractivity (Wildman–Crippen MR) is 260 cm³/mol. The molecule has 10 fully saturated rings. The third-order valence-electron chi connectivity index (χ3n) is 22.7. The highest BCUT2D eigenvalue weighted by atomic mass is 32.3. The average molecular weight is 1030 g/mol. The third kappa shape index (κ3) is 6.87. The molecule has 0 radical (unpaired) electrons.